The van der Waals surface area contributed by atoms with Crippen LogP contribution in [-0.4, -0.2) is 148 Å². The maximum absolute atomic E-state index is 12.4. The fourth-order valence-electron chi connectivity index (χ4n) is 4.84. The van der Waals surface area contributed by atoms with E-state index in [0.717, 1.165) is 0 Å². The first-order valence-electron chi connectivity index (χ1n) is 12.5. The summed E-state index contributed by atoms with van der Waals surface area (Å²) >= 11 is 0. The Morgan fingerprint density at radius 2 is 1.55 bits per heavy atom. The van der Waals surface area contributed by atoms with Crippen molar-refractivity contribution in [3.8, 4) is 0 Å². The highest BCUT2D eigenvalue weighted by Gasteiger charge is 2.54. The van der Waals surface area contributed by atoms with Crippen molar-refractivity contribution in [3.05, 3.63) is 0 Å². The highest BCUT2D eigenvalue weighted by molar-refractivity contribution is 5.81. The molecular weight excluding hydrogens is 512 g/mol. The van der Waals surface area contributed by atoms with Crippen LogP contribution in [0.2, 0.25) is 0 Å². The Morgan fingerprint density at radius 1 is 0.895 bits per heavy atom. The van der Waals surface area contributed by atoms with Crippen LogP contribution in [0.5, 0.6) is 0 Å². The molecule has 3 aliphatic rings. The van der Waals surface area contributed by atoms with Crippen LogP contribution in [-0.2, 0) is 23.7 Å². The van der Waals surface area contributed by atoms with Crippen molar-refractivity contribution in [2.75, 3.05) is 19.7 Å². The summed E-state index contributed by atoms with van der Waals surface area (Å²) in [4.78, 5) is 12.4. The van der Waals surface area contributed by atoms with Crippen molar-refractivity contribution in [2.45, 2.75) is 105 Å². The molecule has 38 heavy (non-hydrogen) atoms. The molecule has 2 heterocycles. The van der Waals surface area contributed by atoms with E-state index in [4.69, 9.17) is 47.6 Å². The molecule has 0 aromatic heterocycles. The second-order valence-electron chi connectivity index (χ2n) is 9.93. The van der Waals surface area contributed by atoms with Crippen LogP contribution in [0, 0.1) is 0 Å². The zero-order chi connectivity index (χ0) is 28.3. The van der Waals surface area contributed by atoms with Gasteiger partial charge in [0.05, 0.1) is 43.0 Å². The van der Waals surface area contributed by atoms with E-state index in [1.165, 1.54) is 0 Å². The number of hydrogen-bond donors (Lipinski definition) is 12. The highest BCUT2D eigenvalue weighted by atomic mass is 16.7. The van der Waals surface area contributed by atoms with Gasteiger partial charge in [0.25, 0.3) is 5.91 Å². The van der Waals surface area contributed by atoms with E-state index in [0.29, 0.717) is 12.8 Å². The maximum Gasteiger partial charge on any atom is 0.250 e. The van der Waals surface area contributed by atoms with Crippen molar-refractivity contribution in [1.29, 1.82) is 0 Å². The number of rotatable bonds is 9. The van der Waals surface area contributed by atoms with E-state index in [9.17, 15) is 35.4 Å². The third-order valence-corrected chi connectivity index (χ3v) is 7.28. The minimum atomic E-state index is -1.69. The molecule has 0 bridgehead atoms. The van der Waals surface area contributed by atoms with Gasteiger partial charge in [0, 0.05) is 13.1 Å². The molecule has 3 fully saturated rings. The Balaban J connectivity index is 1.88. The van der Waals surface area contributed by atoms with Crippen molar-refractivity contribution in [2.24, 2.45) is 28.7 Å². The number of amides is 1. The van der Waals surface area contributed by atoms with Gasteiger partial charge in [0.1, 0.15) is 42.7 Å². The van der Waals surface area contributed by atoms with E-state index in [1.807, 2.05) is 0 Å². The number of aliphatic hydroxyl groups is 6. The molecule has 2 saturated heterocycles. The smallest absolute Gasteiger partial charge is 0.250 e. The lowest BCUT2D eigenvalue weighted by molar-refractivity contribution is -0.319. The highest BCUT2D eigenvalue weighted by Crippen LogP contribution is 2.31. The number of carbonyl (C=O) groups is 1. The van der Waals surface area contributed by atoms with Crippen molar-refractivity contribution in [1.82, 2.24) is 5.32 Å². The lowest BCUT2D eigenvalue weighted by Gasteiger charge is -2.50. The van der Waals surface area contributed by atoms with Gasteiger partial charge < -0.3 is 83.6 Å². The summed E-state index contributed by atoms with van der Waals surface area (Å²) in [7, 11) is 0. The summed E-state index contributed by atoms with van der Waals surface area (Å²) < 4.78 is 22.9. The Morgan fingerprint density at radius 3 is 2.16 bits per heavy atom. The van der Waals surface area contributed by atoms with E-state index < -0.39 is 105 Å². The molecule has 0 aromatic carbocycles. The van der Waals surface area contributed by atoms with Gasteiger partial charge in [0.15, 0.2) is 12.6 Å². The first-order chi connectivity index (χ1) is 17.9. The molecule has 222 valence electrons. The van der Waals surface area contributed by atoms with E-state index in [-0.39, 0.29) is 12.6 Å². The predicted molar refractivity (Wildman–Crippen MR) is 127 cm³/mol. The molecule has 17 heteroatoms. The average Bonchev–Trinajstić information content (AvgIpc) is 2.91. The fourth-order valence-corrected chi connectivity index (χ4v) is 4.84. The predicted octanol–water partition coefficient (Wildman–Crippen LogP) is -7.82. The normalized spacial score (nSPS) is 46.9. The second kappa shape index (κ2) is 13.5. The third kappa shape index (κ3) is 6.60. The zero-order valence-electron chi connectivity index (χ0n) is 20.8. The van der Waals surface area contributed by atoms with Crippen LogP contribution in [0.15, 0.2) is 0 Å². The Kier molecular flexibility index (Phi) is 11.1. The Hall–Kier alpha value is -1.13. The number of hydrogen-bond acceptors (Lipinski definition) is 16. The summed E-state index contributed by atoms with van der Waals surface area (Å²) in [6, 6.07) is -4.68. The summed E-state index contributed by atoms with van der Waals surface area (Å²) in [5, 5.41) is 64.8. The lowest BCUT2D eigenvalue weighted by Crippen LogP contribution is -2.74. The molecule has 0 aromatic rings. The standard InChI is InChI=1S/C21H42N6O11/c22-3-6-1-2-7(24)20(35-6)37-17-11(26)14(31)12(27-19(34)8(29)4-23)18(16(17)33)38-21-15(32)10(25)13(30)9(5-28)36-21/h6-18,20-21,28-33H,1-5,22-26H2,(H,27,34)/t6?,7?,8-,9?,10-,11-,12+,13+,14?,15?,16?,17?,18-,20+,21+/m0/s1. The van der Waals surface area contributed by atoms with Gasteiger partial charge in [-0.05, 0) is 12.8 Å². The molecule has 17 nitrogen and oxygen atoms in total. The quantitative estimate of drug-likeness (QED) is 0.126. The molecule has 7 unspecified atom stereocenters. The summed E-state index contributed by atoms with van der Waals surface area (Å²) in [6.07, 6.45) is -14.1. The molecule has 2 aliphatic heterocycles. The summed E-state index contributed by atoms with van der Waals surface area (Å²) in [5.74, 6) is -0.988. The van der Waals surface area contributed by atoms with Crippen LogP contribution in [0.1, 0.15) is 12.8 Å². The van der Waals surface area contributed by atoms with Gasteiger partial charge >= 0.3 is 0 Å². The van der Waals surface area contributed by atoms with Crippen LogP contribution in [0.4, 0.5) is 0 Å². The van der Waals surface area contributed by atoms with Gasteiger partial charge in [-0.1, -0.05) is 0 Å². The topological polar surface area (TPSA) is 318 Å². The number of nitrogens with two attached hydrogens (primary N) is 5. The molecule has 1 amide bonds. The summed E-state index contributed by atoms with van der Waals surface area (Å²) in [5.41, 5.74) is 29.2. The fraction of sp³-hybridized carbons (Fsp3) is 0.952. The molecule has 17 N–H and O–H groups in total. The molecule has 3 rings (SSSR count). The van der Waals surface area contributed by atoms with Crippen LogP contribution in [0.3, 0.4) is 0 Å². The molecule has 1 aliphatic carbocycles. The molecule has 1 saturated carbocycles. The van der Waals surface area contributed by atoms with Crippen LogP contribution >= 0.6 is 0 Å². The van der Waals surface area contributed by atoms with E-state index >= 15 is 0 Å². The SMILES string of the molecule is NCC1CCC(N)[C@@H](OC2C(O)[C@@H](O[C@H]3OC(CO)[C@@H](O)[C@H](N)C3O)[C@H](NC(=O)[C@@H](O)CN)C(O)[C@@H]2N)O1. The molecule has 0 spiro atoms. The number of carbonyl (C=O) groups excluding carboxylic acids is 1. The first-order valence-corrected chi connectivity index (χ1v) is 12.5. The van der Waals surface area contributed by atoms with Crippen LogP contribution in [0.25, 0.3) is 0 Å². The number of ether oxygens (including phenoxy) is 4. The molecule has 0 radical (unpaired) electrons. The molecular formula is C21H42N6O11. The van der Waals surface area contributed by atoms with Crippen LogP contribution < -0.4 is 34.0 Å². The first kappa shape index (κ1) is 31.4. The van der Waals surface area contributed by atoms with Gasteiger partial charge in [-0.2, -0.15) is 0 Å². The van der Waals surface area contributed by atoms with Gasteiger partial charge in [-0.15, -0.1) is 0 Å². The molecule has 15 atom stereocenters. The van der Waals surface area contributed by atoms with Gasteiger partial charge in [-0.25, -0.2) is 0 Å². The zero-order valence-corrected chi connectivity index (χ0v) is 20.8. The van der Waals surface area contributed by atoms with Gasteiger partial charge in [0.2, 0.25) is 0 Å². The van der Waals surface area contributed by atoms with E-state index in [1.54, 1.807) is 0 Å². The van der Waals surface area contributed by atoms with Crippen molar-refractivity contribution >= 4 is 5.91 Å². The minimum absolute atomic E-state index is 0.201. The monoisotopic (exact) mass is 554 g/mol. The number of aliphatic hydroxyl groups excluding tert-OH is 6. The lowest BCUT2D eigenvalue weighted by atomic mass is 9.81. The van der Waals surface area contributed by atoms with Crippen molar-refractivity contribution < 1.29 is 54.4 Å². The minimum Gasteiger partial charge on any atom is -0.394 e. The average molecular weight is 555 g/mol. The third-order valence-electron chi connectivity index (χ3n) is 7.28. The van der Waals surface area contributed by atoms with Gasteiger partial charge in [-0.3, -0.25) is 4.79 Å². The largest absolute Gasteiger partial charge is 0.394 e. The van der Waals surface area contributed by atoms with E-state index in [2.05, 4.69) is 5.32 Å². The summed E-state index contributed by atoms with van der Waals surface area (Å²) in [6.45, 7) is -0.905. The van der Waals surface area contributed by atoms with Crippen molar-refractivity contribution in [3.63, 3.8) is 0 Å². The second-order valence-corrected chi connectivity index (χ2v) is 9.93. The Bertz CT molecular complexity index is 771. The Labute approximate surface area is 219 Å². The number of nitrogens with one attached hydrogen (secondary N) is 1. The maximum atomic E-state index is 12.4.